The minimum absolute atomic E-state index is 0.0276. The van der Waals surface area contributed by atoms with Gasteiger partial charge in [0.15, 0.2) is 5.13 Å². The number of amides is 1. The number of anilines is 2. The second kappa shape index (κ2) is 9.37. The average Bonchev–Trinajstić information content (AvgIpc) is 3.28. The van der Waals surface area contributed by atoms with Crippen LogP contribution in [0.2, 0.25) is 0 Å². The lowest BCUT2D eigenvalue weighted by molar-refractivity contribution is -0.384. The summed E-state index contributed by atoms with van der Waals surface area (Å²) in [6.45, 7) is 0. The van der Waals surface area contributed by atoms with Gasteiger partial charge in [0.2, 0.25) is 0 Å². The van der Waals surface area contributed by atoms with Gasteiger partial charge in [0.1, 0.15) is 5.82 Å². The summed E-state index contributed by atoms with van der Waals surface area (Å²) in [5.41, 5.74) is 0.936. The smallest absolute Gasteiger partial charge is 0.270 e. The molecule has 0 saturated heterocycles. The van der Waals surface area contributed by atoms with Crippen LogP contribution >= 0.6 is 11.3 Å². The molecule has 0 aliphatic heterocycles. The van der Waals surface area contributed by atoms with E-state index in [4.69, 9.17) is 0 Å². The van der Waals surface area contributed by atoms with Crippen molar-refractivity contribution in [2.24, 2.45) is 0 Å². The van der Waals surface area contributed by atoms with Gasteiger partial charge in [-0.1, -0.05) is 24.3 Å². The number of non-ortho nitro benzene ring substituents is 1. The number of thiazole rings is 1. The van der Waals surface area contributed by atoms with E-state index in [0.29, 0.717) is 11.3 Å². The number of rotatable bonds is 7. The van der Waals surface area contributed by atoms with Gasteiger partial charge in [-0.2, -0.15) is 0 Å². The van der Waals surface area contributed by atoms with Crippen LogP contribution in [0, 0.1) is 15.9 Å². The van der Waals surface area contributed by atoms with Crippen molar-refractivity contribution in [2.45, 2.75) is 4.90 Å². The third kappa shape index (κ3) is 5.08. The molecule has 4 rings (SSSR count). The molecule has 172 valence electrons. The van der Waals surface area contributed by atoms with E-state index in [9.17, 15) is 27.7 Å². The van der Waals surface area contributed by atoms with E-state index in [2.05, 4.69) is 15.0 Å². The molecule has 0 atom stereocenters. The minimum Gasteiger partial charge on any atom is -0.298 e. The standard InChI is InChI=1S/C22H15FN4O5S2/c23-15-8-10-17(11-9-15)34(31,32)26-19-7-2-1-6-18(19)21(28)25-22-24-20(13-33-22)14-4-3-5-16(12-14)27(29)30/h1-13,26H,(H,24,25,28). The Kier molecular flexibility index (Phi) is 6.34. The van der Waals surface area contributed by atoms with Crippen LogP contribution in [-0.2, 0) is 10.0 Å². The van der Waals surface area contributed by atoms with Crippen LogP contribution in [0.15, 0.2) is 83.1 Å². The second-order valence-electron chi connectivity index (χ2n) is 6.90. The number of nitrogens with zero attached hydrogens (tertiary/aromatic N) is 2. The molecule has 0 saturated carbocycles. The quantitative estimate of drug-likeness (QED) is 0.275. The zero-order chi connectivity index (χ0) is 24.3. The van der Waals surface area contributed by atoms with Crippen molar-refractivity contribution >= 4 is 43.8 Å². The molecule has 1 aromatic heterocycles. The SMILES string of the molecule is O=C(Nc1nc(-c2cccc([N+](=O)[O-])c2)cs1)c1ccccc1NS(=O)(=O)c1ccc(F)cc1. The first kappa shape index (κ1) is 23.0. The van der Waals surface area contributed by atoms with E-state index in [1.165, 1.54) is 30.3 Å². The topological polar surface area (TPSA) is 131 Å². The summed E-state index contributed by atoms with van der Waals surface area (Å²) in [7, 11) is -4.07. The maximum Gasteiger partial charge on any atom is 0.270 e. The third-order valence-electron chi connectivity index (χ3n) is 4.62. The van der Waals surface area contributed by atoms with Crippen LogP contribution in [-0.4, -0.2) is 24.2 Å². The summed E-state index contributed by atoms with van der Waals surface area (Å²) < 4.78 is 40.8. The number of nitro groups is 1. The van der Waals surface area contributed by atoms with E-state index in [1.54, 1.807) is 23.6 Å². The van der Waals surface area contributed by atoms with E-state index in [-0.39, 0.29) is 27.0 Å². The number of hydrogen-bond acceptors (Lipinski definition) is 7. The van der Waals surface area contributed by atoms with E-state index >= 15 is 0 Å². The highest BCUT2D eigenvalue weighted by molar-refractivity contribution is 7.92. The lowest BCUT2D eigenvalue weighted by atomic mass is 10.1. The number of carbonyl (C=O) groups excluding carboxylic acids is 1. The number of nitro benzene ring substituents is 1. The summed E-state index contributed by atoms with van der Waals surface area (Å²) in [6.07, 6.45) is 0. The second-order valence-corrected chi connectivity index (χ2v) is 9.44. The Balaban J connectivity index is 1.55. The number of benzene rings is 3. The molecule has 0 fully saturated rings. The van der Waals surface area contributed by atoms with Gasteiger partial charge in [-0.3, -0.25) is 24.9 Å². The number of sulfonamides is 1. The predicted octanol–water partition coefficient (Wildman–Crippen LogP) is 4.91. The molecule has 0 spiro atoms. The first-order chi connectivity index (χ1) is 16.2. The summed E-state index contributed by atoms with van der Waals surface area (Å²) in [4.78, 5) is 27.5. The maximum atomic E-state index is 13.1. The summed E-state index contributed by atoms with van der Waals surface area (Å²) in [5.74, 6) is -1.19. The monoisotopic (exact) mass is 498 g/mol. The maximum absolute atomic E-state index is 13.1. The molecular formula is C22H15FN4O5S2. The predicted molar refractivity (Wildman–Crippen MR) is 126 cm³/mol. The summed E-state index contributed by atoms with van der Waals surface area (Å²) in [6, 6.07) is 16.2. The number of para-hydroxylation sites is 1. The van der Waals surface area contributed by atoms with Gasteiger partial charge in [-0.05, 0) is 36.4 Å². The Labute approximate surface area is 197 Å². The van der Waals surface area contributed by atoms with Crippen LogP contribution in [0.5, 0.6) is 0 Å². The highest BCUT2D eigenvalue weighted by atomic mass is 32.2. The molecule has 2 N–H and O–H groups in total. The molecule has 0 aliphatic rings. The molecule has 0 unspecified atom stereocenters. The van der Waals surface area contributed by atoms with Gasteiger partial charge in [-0.15, -0.1) is 11.3 Å². The molecule has 0 aliphatic carbocycles. The van der Waals surface area contributed by atoms with Gasteiger partial charge in [0.25, 0.3) is 21.6 Å². The normalized spacial score (nSPS) is 11.1. The molecular weight excluding hydrogens is 483 g/mol. The lowest BCUT2D eigenvalue weighted by Gasteiger charge is -2.12. The Morgan fingerprint density at radius 3 is 2.50 bits per heavy atom. The number of carbonyl (C=O) groups is 1. The van der Waals surface area contributed by atoms with Crippen molar-refractivity contribution in [1.82, 2.24) is 4.98 Å². The van der Waals surface area contributed by atoms with Crippen molar-refractivity contribution in [3.63, 3.8) is 0 Å². The van der Waals surface area contributed by atoms with Gasteiger partial charge in [0.05, 0.1) is 26.8 Å². The largest absolute Gasteiger partial charge is 0.298 e. The fourth-order valence-corrected chi connectivity index (χ4v) is 4.79. The van der Waals surface area contributed by atoms with E-state index in [1.807, 2.05) is 0 Å². The average molecular weight is 499 g/mol. The highest BCUT2D eigenvalue weighted by Crippen LogP contribution is 2.28. The zero-order valence-corrected chi connectivity index (χ0v) is 18.8. The van der Waals surface area contributed by atoms with Crippen LogP contribution in [0.3, 0.4) is 0 Å². The molecule has 34 heavy (non-hydrogen) atoms. The number of nitrogens with one attached hydrogen (secondary N) is 2. The Morgan fingerprint density at radius 2 is 1.76 bits per heavy atom. The van der Waals surface area contributed by atoms with Gasteiger partial charge in [-0.25, -0.2) is 17.8 Å². The first-order valence-electron chi connectivity index (χ1n) is 9.62. The third-order valence-corrected chi connectivity index (χ3v) is 6.76. The molecule has 0 radical (unpaired) electrons. The van der Waals surface area contributed by atoms with E-state index in [0.717, 1.165) is 35.6 Å². The van der Waals surface area contributed by atoms with Crippen molar-refractivity contribution in [3.8, 4) is 11.3 Å². The van der Waals surface area contributed by atoms with E-state index < -0.39 is 26.7 Å². The molecule has 9 nitrogen and oxygen atoms in total. The highest BCUT2D eigenvalue weighted by Gasteiger charge is 2.20. The van der Waals surface area contributed by atoms with Crippen LogP contribution < -0.4 is 10.0 Å². The van der Waals surface area contributed by atoms with Crippen molar-refractivity contribution in [3.05, 3.63) is 99.7 Å². The van der Waals surface area contributed by atoms with Crippen molar-refractivity contribution < 1.29 is 22.5 Å². The lowest BCUT2D eigenvalue weighted by Crippen LogP contribution is -2.18. The van der Waals surface area contributed by atoms with Crippen molar-refractivity contribution in [1.29, 1.82) is 0 Å². The number of aromatic nitrogens is 1. The molecule has 3 aromatic carbocycles. The molecule has 1 heterocycles. The Morgan fingerprint density at radius 1 is 1.03 bits per heavy atom. The summed E-state index contributed by atoms with van der Waals surface area (Å²) >= 11 is 1.11. The number of hydrogen-bond donors (Lipinski definition) is 2. The van der Waals surface area contributed by atoms with Crippen molar-refractivity contribution in [2.75, 3.05) is 10.0 Å². The Bertz CT molecular complexity index is 1490. The molecule has 1 amide bonds. The molecule has 4 aromatic rings. The molecule has 0 bridgehead atoms. The van der Waals surface area contributed by atoms with Crippen LogP contribution in [0.25, 0.3) is 11.3 Å². The fourth-order valence-electron chi connectivity index (χ4n) is 2.99. The van der Waals surface area contributed by atoms with Crippen LogP contribution in [0.4, 0.5) is 20.9 Å². The van der Waals surface area contributed by atoms with Gasteiger partial charge < -0.3 is 0 Å². The zero-order valence-electron chi connectivity index (χ0n) is 17.1. The minimum atomic E-state index is -4.07. The van der Waals surface area contributed by atoms with Crippen LogP contribution in [0.1, 0.15) is 10.4 Å². The number of halogens is 1. The first-order valence-corrected chi connectivity index (χ1v) is 12.0. The molecule has 12 heteroatoms. The summed E-state index contributed by atoms with van der Waals surface area (Å²) in [5, 5.41) is 15.5. The Hall–Kier alpha value is -4.16. The van der Waals surface area contributed by atoms with Gasteiger partial charge in [0, 0.05) is 23.1 Å². The fraction of sp³-hybridized carbons (Fsp3) is 0. The van der Waals surface area contributed by atoms with Gasteiger partial charge >= 0.3 is 0 Å².